The fraction of sp³-hybridized carbons (Fsp3) is 0.130. The maximum absolute atomic E-state index is 12.2. The normalized spacial score (nSPS) is 10.8. The molecule has 2 aromatic heterocycles. The number of pyridine rings is 1. The Kier molecular flexibility index (Phi) is 5.06. The summed E-state index contributed by atoms with van der Waals surface area (Å²) in [6.45, 7) is 1.44. The summed E-state index contributed by atoms with van der Waals surface area (Å²) in [7, 11) is 1.63. The Hall–Kier alpha value is -3.60. The Morgan fingerprint density at radius 1 is 0.964 bits per heavy atom. The molecule has 0 saturated heterocycles. The summed E-state index contributed by atoms with van der Waals surface area (Å²) >= 11 is 0. The zero-order chi connectivity index (χ0) is 19.3. The van der Waals surface area contributed by atoms with Crippen molar-refractivity contribution in [3.63, 3.8) is 0 Å². The van der Waals surface area contributed by atoms with Gasteiger partial charge in [-0.1, -0.05) is 60.7 Å². The molecular formula is C23H22N4O. The summed E-state index contributed by atoms with van der Waals surface area (Å²) < 4.78 is 0. The molecule has 0 unspecified atom stereocenters. The number of H-pyrrole nitrogens is 1. The number of amides is 1. The molecule has 2 heterocycles. The minimum absolute atomic E-state index is 0.138. The number of hydrogen-bond acceptors (Lipinski definition) is 3. The number of carbonyl (C=O) groups excluding carboxylic acids is 1. The molecule has 0 aliphatic carbocycles. The number of nitrogens with one attached hydrogen (secondary N) is 2. The second-order valence-electron chi connectivity index (χ2n) is 6.67. The van der Waals surface area contributed by atoms with Gasteiger partial charge in [0.15, 0.2) is 5.82 Å². The Morgan fingerprint density at radius 3 is 2.14 bits per heavy atom. The predicted octanol–water partition coefficient (Wildman–Crippen LogP) is 4.13. The number of aromatic nitrogens is 2. The molecule has 5 nitrogen and oxygen atoms in total. The molecule has 5 heteroatoms. The second kappa shape index (κ2) is 7.96. The van der Waals surface area contributed by atoms with Gasteiger partial charge in [0.1, 0.15) is 0 Å². The van der Waals surface area contributed by atoms with E-state index in [0.717, 1.165) is 29.8 Å². The number of fused-ring (bicyclic) bond motifs is 1. The number of nitrogens with zero attached hydrogens (tertiary/aromatic N) is 2. The van der Waals surface area contributed by atoms with Gasteiger partial charge in [-0.25, -0.2) is 4.98 Å². The van der Waals surface area contributed by atoms with Gasteiger partial charge in [-0.15, -0.1) is 0 Å². The summed E-state index contributed by atoms with van der Waals surface area (Å²) in [4.78, 5) is 22.4. The van der Waals surface area contributed by atoms with Crippen LogP contribution in [0.5, 0.6) is 0 Å². The molecule has 140 valence electrons. The second-order valence-corrected chi connectivity index (χ2v) is 6.67. The molecule has 28 heavy (non-hydrogen) atoms. The number of anilines is 1. The summed E-state index contributed by atoms with van der Waals surface area (Å²) in [5.74, 6) is 0.696. The van der Waals surface area contributed by atoms with Crippen molar-refractivity contribution < 1.29 is 4.79 Å². The van der Waals surface area contributed by atoms with Crippen LogP contribution in [-0.4, -0.2) is 22.9 Å². The molecule has 1 amide bonds. The zero-order valence-corrected chi connectivity index (χ0v) is 15.7. The quantitative estimate of drug-likeness (QED) is 0.536. The van der Waals surface area contributed by atoms with E-state index in [0.29, 0.717) is 5.56 Å². The van der Waals surface area contributed by atoms with E-state index in [9.17, 15) is 4.79 Å². The van der Waals surface area contributed by atoms with E-state index in [2.05, 4.69) is 44.5 Å². The van der Waals surface area contributed by atoms with Crippen molar-refractivity contribution in [3.8, 4) is 0 Å². The number of aromatic amines is 1. The minimum atomic E-state index is -0.138. The van der Waals surface area contributed by atoms with Gasteiger partial charge in [0, 0.05) is 37.9 Å². The Morgan fingerprint density at radius 2 is 1.57 bits per heavy atom. The van der Waals surface area contributed by atoms with E-state index in [1.165, 1.54) is 11.1 Å². The Balaban J connectivity index is 1.77. The van der Waals surface area contributed by atoms with Crippen LogP contribution in [0.3, 0.4) is 0 Å². The molecule has 4 aromatic rings. The van der Waals surface area contributed by atoms with Gasteiger partial charge in [-0.05, 0) is 17.2 Å². The van der Waals surface area contributed by atoms with Gasteiger partial charge < -0.3 is 15.2 Å². The molecule has 2 aromatic carbocycles. The predicted molar refractivity (Wildman–Crippen MR) is 112 cm³/mol. The highest BCUT2D eigenvalue weighted by Gasteiger charge is 2.18. The lowest BCUT2D eigenvalue weighted by Crippen LogP contribution is -2.24. The van der Waals surface area contributed by atoms with Crippen molar-refractivity contribution in [2.24, 2.45) is 0 Å². The maximum atomic E-state index is 12.2. The number of hydrogen-bond donors (Lipinski definition) is 2. The first-order valence-electron chi connectivity index (χ1n) is 9.27. The highest BCUT2D eigenvalue weighted by molar-refractivity contribution is 6.08. The van der Waals surface area contributed by atoms with Crippen LogP contribution in [0, 0.1) is 0 Å². The largest absolute Gasteiger partial charge is 0.358 e. The van der Waals surface area contributed by atoms with Crippen molar-refractivity contribution in [1.82, 2.24) is 15.3 Å². The van der Waals surface area contributed by atoms with E-state index < -0.39 is 0 Å². The molecule has 0 aliphatic heterocycles. The topological polar surface area (TPSA) is 61.0 Å². The SMILES string of the molecule is CNC(=O)c1cnc(N(Cc2ccccc2)Cc2ccccc2)c2[nH]ccc12. The van der Waals surface area contributed by atoms with Crippen LogP contribution in [0.15, 0.2) is 79.1 Å². The molecule has 4 rings (SSSR count). The van der Waals surface area contributed by atoms with Crippen molar-refractivity contribution in [2.75, 3.05) is 11.9 Å². The third-order valence-electron chi connectivity index (χ3n) is 4.78. The summed E-state index contributed by atoms with van der Waals surface area (Å²) in [6.07, 6.45) is 3.51. The van der Waals surface area contributed by atoms with Crippen LogP contribution in [0.2, 0.25) is 0 Å². The lowest BCUT2D eigenvalue weighted by Gasteiger charge is -2.25. The Bertz CT molecular complexity index is 1030. The van der Waals surface area contributed by atoms with Crippen molar-refractivity contribution in [2.45, 2.75) is 13.1 Å². The molecule has 0 spiro atoms. The minimum Gasteiger partial charge on any atom is -0.358 e. The van der Waals surface area contributed by atoms with E-state index in [1.807, 2.05) is 48.7 Å². The van der Waals surface area contributed by atoms with E-state index in [1.54, 1.807) is 13.2 Å². The Labute approximate surface area is 164 Å². The van der Waals surface area contributed by atoms with E-state index in [4.69, 9.17) is 0 Å². The first-order valence-corrected chi connectivity index (χ1v) is 9.27. The first kappa shape index (κ1) is 17.8. The average Bonchev–Trinajstić information content (AvgIpc) is 3.23. The lowest BCUT2D eigenvalue weighted by atomic mass is 10.1. The first-order chi connectivity index (χ1) is 13.8. The number of benzene rings is 2. The molecule has 0 aliphatic rings. The fourth-order valence-corrected chi connectivity index (χ4v) is 3.41. The van der Waals surface area contributed by atoms with Gasteiger partial charge in [0.2, 0.25) is 0 Å². The van der Waals surface area contributed by atoms with Crippen LogP contribution in [-0.2, 0) is 13.1 Å². The van der Waals surface area contributed by atoms with Crippen LogP contribution in [0.25, 0.3) is 10.9 Å². The molecule has 0 radical (unpaired) electrons. The van der Waals surface area contributed by atoms with Crippen LogP contribution in [0.4, 0.5) is 5.82 Å². The van der Waals surface area contributed by atoms with Crippen molar-refractivity contribution in [1.29, 1.82) is 0 Å². The monoisotopic (exact) mass is 370 g/mol. The molecular weight excluding hydrogens is 348 g/mol. The van der Waals surface area contributed by atoms with Gasteiger partial charge in [-0.3, -0.25) is 4.79 Å². The van der Waals surface area contributed by atoms with Crippen molar-refractivity contribution in [3.05, 3.63) is 95.8 Å². The maximum Gasteiger partial charge on any atom is 0.253 e. The van der Waals surface area contributed by atoms with E-state index in [-0.39, 0.29) is 5.91 Å². The van der Waals surface area contributed by atoms with Gasteiger partial charge in [0.25, 0.3) is 5.91 Å². The van der Waals surface area contributed by atoms with E-state index >= 15 is 0 Å². The molecule has 2 N–H and O–H groups in total. The lowest BCUT2D eigenvalue weighted by molar-refractivity contribution is 0.0964. The summed E-state index contributed by atoms with van der Waals surface area (Å²) in [6, 6.07) is 22.6. The fourth-order valence-electron chi connectivity index (χ4n) is 3.41. The van der Waals surface area contributed by atoms with Gasteiger partial charge in [-0.2, -0.15) is 0 Å². The molecule has 0 bridgehead atoms. The van der Waals surface area contributed by atoms with Crippen molar-refractivity contribution >= 4 is 22.6 Å². The zero-order valence-electron chi connectivity index (χ0n) is 15.7. The van der Waals surface area contributed by atoms with Crippen LogP contribution >= 0.6 is 0 Å². The van der Waals surface area contributed by atoms with Gasteiger partial charge >= 0.3 is 0 Å². The van der Waals surface area contributed by atoms with Crippen LogP contribution in [0.1, 0.15) is 21.5 Å². The number of carbonyl (C=O) groups is 1. The molecule has 0 fully saturated rings. The third kappa shape index (κ3) is 3.60. The highest BCUT2D eigenvalue weighted by atomic mass is 16.1. The molecule has 0 saturated carbocycles. The summed E-state index contributed by atoms with van der Waals surface area (Å²) in [5.41, 5.74) is 3.85. The number of rotatable bonds is 6. The molecule has 0 atom stereocenters. The third-order valence-corrected chi connectivity index (χ3v) is 4.78. The van der Waals surface area contributed by atoms with Gasteiger partial charge in [0.05, 0.1) is 11.1 Å². The highest BCUT2D eigenvalue weighted by Crippen LogP contribution is 2.28. The summed E-state index contributed by atoms with van der Waals surface area (Å²) in [5, 5.41) is 3.56. The smallest absolute Gasteiger partial charge is 0.253 e. The average molecular weight is 370 g/mol. The van der Waals surface area contributed by atoms with Crippen LogP contribution < -0.4 is 10.2 Å². The standard InChI is InChI=1S/C23H22N4O/c1-24-23(28)20-14-26-22(21-19(20)12-13-25-21)27(15-17-8-4-2-5-9-17)16-18-10-6-3-7-11-18/h2-14,25H,15-16H2,1H3,(H,24,28).